The number of benzene rings is 1. The molecule has 2 rings (SSSR count). The van der Waals surface area contributed by atoms with Crippen LogP contribution in [0.25, 0.3) is 0 Å². The average molecular weight is 294 g/mol. The van der Waals surface area contributed by atoms with E-state index in [1.165, 1.54) is 20.9 Å². The van der Waals surface area contributed by atoms with Gasteiger partial charge in [0, 0.05) is 26.9 Å². The normalized spacial score (nSPS) is 14.4. The Kier molecular flexibility index (Phi) is 4.67. The molecule has 2 atom stereocenters. The van der Waals surface area contributed by atoms with Crippen LogP contribution in [0.4, 0.5) is 0 Å². The maximum absolute atomic E-state index is 5.92. The van der Waals surface area contributed by atoms with Crippen LogP contribution in [0.2, 0.25) is 5.02 Å². The molecule has 2 aromatic rings. The quantitative estimate of drug-likeness (QED) is 0.792. The van der Waals surface area contributed by atoms with Crippen LogP contribution < -0.4 is 5.32 Å². The summed E-state index contributed by atoms with van der Waals surface area (Å²) in [6, 6.07) is 11.0. The van der Waals surface area contributed by atoms with Crippen LogP contribution >= 0.6 is 22.9 Å². The first-order chi connectivity index (χ1) is 8.97. The third-order valence-electron chi connectivity index (χ3n) is 3.42. The van der Waals surface area contributed by atoms with E-state index < -0.39 is 0 Å². The second-order valence-corrected chi connectivity index (χ2v) is 6.93. The van der Waals surface area contributed by atoms with Gasteiger partial charge in [0.15, 0.2) is 0 Å². The van der Waals surface area contributed by atoms with Gasteiger partial charge in [0.05, 0.1) is 0 Å². The fourth-order valence-corrected chi connectivity index (χ4v) is 3.54. The molecule has 19 heavy (non-hydrogen) atoms. The molecule has 1 nitrogen and oxygen atoms in total. The molecule has 1 heterocycles. The topological polar surface area (TPSA) is 12.0 Å². The van der Waals surface area contributed by atoms with Gasteiger partial charge in [-0.3, -0.25) is 0 Å². The molecular weight excluding hydrogens is 274 g/mol. The second-order valence-electron chi connectivity index (χ2n) is 5.03. The average Bonchev–Trinajstić information content (AvgIpc) is 2.69. The molecule has 1 N–H and O–H groups in total. The van der Waals surface area contributed by atoms with Crippen molar-refractivity contribution in [3.05, 3.63) is 56.2 Å². The smallest absolute Gasteiger partial charge is 0.0406 e. The summed E-state index contributed by atoms with van der Waals surface area (Å²) in [5.41, 5.74) is 2.67. The lowest BCUT2D eigenvalue weighted by Gasteiger charge is -2.20. The summed E-state index contributed by atoms with van der Waals surface area (Å²) >= 11 is 7.79. The molecule has 0 saturated carbocycles. The van der Waals surface area contributed by atoms with Gasteiger partial charge in [-0.2, -0.15) is 0 Å². The summed E-state index contributed by atoms with van der Waals surface area (Å²) in [4.78, 5) is 2.78. The molecular formula is C16H20ClNS. The molecule has 0 amide bonds. The van der Waals surface area contributed by atoms with Gasteiger partial charge in [-0.15, -0.1) is 11.3 Å². The fraction of sp³-hybridized carbons (Fsp3) is 0.375. The predicted octanol–water partition coefficient (Wildman–Crippen LogP) is 5.43. The molecule has 0 radical (unpaired) electrons. The first kappa shape index (κ1) is 14.6. The monoisotopic (exact) mass is 293 g/mol. The Morgan fingerprint density at radius 1 is 1.05 bits per heavy atom. The molecule has 0 aliphatic carbocycles. The lowest BCUT2D eigenvalue weighted by atomic mass is 10.0. The van der Waals surface area contributed by atoms with Crippen LogP contribution in [0.5, 0.6) is 0 Å². The van der Waals surface area contributed by atoms with Crippen molar-refractivity contribution in [3.63, 3.8) is 0 Å². The van der Waals surface area contributed by atoms with E-state index in [1.54, 1.807) is 0 Å². The van der Waals surface area contributed by atoms with Gasteiger partial charge in [-0.05, 0) is 57.0 Å². The second kappa shape index (κ2) is 6.08. The van der Waals surface area contributed by atoms with E-state index in [0.717, 1.165) is 5.02 Å². The first-order valence-electron chi connectivity index (χ1n) is 6.56. The standard InChI is InChI=1S/C16H20ClNS/c1-10-9-16(13(4)19-10)12(3)18-11(2)14-5-7-15(17)8-6-14/h5-9,11-12,18H,1-4H3. The number of hydrogen-bond donors (Lipinski definition) is 1. The number of rotatable bonds is 4. The van der Waals surface area contributed by atoms with Crippen LogP contribution in [0.3, 0.4) is 0 Å². The minimum absolute atomic E-state index is 0.312. The van der Waals surface area contributed by atoms with Crippen molar-refractivity contribution >= 4 is 22.9 Å². The Labute approximate surface area is 124 Å². The predicted molar refractivity (Wildman–Crippen MR) is 85.2 cm³/mol. The number of hydrogen-bond acceptors (Lipinski definition) is 2. The summed E-state index contributed by atoms with van der Waals surface area (Å²) in [5, 5.41) is 4.44. The van der Waals surface area contributed by atoms with Gasteiger partial charge in [0.25, 0.3) is 0 Å². The van der Waals surface area contributed by atoms with Crippen molar-refractivity contribution in [2.45, 2.75) is 39.8 Å². The van der Waals surface area contributed by atoms with Crippen molar-refractivity contribution in [2.24, 2.45) is 0 Å². The lowest BCUT2D eigenvalue weighted by molar-refractivity contribution is 0.494. The van der Waals surface area contributed by atoms with Crippen molar-refractivity contribution in [2.75, 3.05) is 0 Å². The third-order valence-corrected chi connectivity index (χ3v) is 4.65. The molecule has 0 aliphatic heterocycles. The number of thiophene rings is 1. The summed E-state index contributed by atoms with van der Waals surface area (Å²) in [5.74, 6) is 0. The number of halogens is 1. The molecule has 1 aromatic heterocycles. The third kappa shape index (κ3) is 3.59. The van der Waals surface area contributed by atoms with Gasteiger partial charge in [0.1, 0.15) is 0 Å². The zero-order chi connectivity index (χ0) is 14.0. The number of aryl methyl sites for hydroxylation is 2. The molecule has 1 aromatic carbocycles. The van der Waals surface area contributed by atoms with Crippen LogP contribution in [0, 0.1) is 13.8 Å². The Morgan fingerprint density at radius 3 is 2.21 bits per heavy atom. The molecule has 0 fully saturated rings. The molecule has 2 unspecified atom stereocenters. The molecule has 0 aliphatic rings. The molecule has 0 bridgehead atoms. The Balaban J connectivity index is 2.08. The highest BCUT2D eigenvalue weighted by Crippen LogP contribution is 2.28. The van der Waals surface area contributed by atoms with E-state index in [1.807, 2.05) is 23.5 Å². The van der Waals surface area contributed by atoms with Gasteiger partial charge < -0.3 is 5.32 Å². The van der Waals surface area contributed by atoms with Gasteiger partial charge in [-0.25, -0.2) is 0 Å². The number of nitrogens with one attached hydrogen (secondary N) is 1. The maximum atomic E-state index is 5.92. The zero-order valence-corrected chi connectivity index (χ0v) is 13.4. The van der Waals surface area contributed by atoms with Crippen LogP contribution in [-0.4, -0.2) is 0 Å². The van der Waals surface area contributed by atoms with Gasteiger partial charge in [0.2, 0.25) is 0 Å². The van der Waals surface area contributed by atoms with Crippen LogP contribution in [0.1, 0.15) is 46.8 Å². The van der Waals surface area contributed by atoms with Crippen molar-refractivity contribution in [3.8, 4) is 0 Å². The van der Waals surface area contributed by atoms with Crippen molar-refractivity contribution in [1.29, 1.82) is 0 Å². The van der Waals surface area contributed by atoms with E-state index in [2.05, 4.69) is 51.2 Å². The molecule has 3 heteroatoms. The SMILES string of the molecule is Cc1cc(C(C)NC(C)c2ccc(Cl)cc2)c(C)s1. The van der Waals surface area contributed by atoms with Crippen LogP contribution in [-0.2, 0) is 0 Å². The van der Waals surface area contributed by atoms with E-state index in [-0.39, 0.29) is 0 Å². The summed E-state index contributed by atoms with van der Waals surface area (Å²) in [6.45, 7) is 8.77. The highest BCUT2D eigenvalue weighted by molar-refractivity contribution is 7.12. The Morgan fingerprint density at radius 2 is 1.68 bits per heavy atom. The Hall–Kier alpha value is -0.830. The molecule has 0 saturated heterocycles. The highest BCUT2D eigenvalue weighted by atomic mass is 35.5. The van der Waals surface area contributed by atoms with Gasteiger partial charge in [-0.1, -0.05) is 23.7 Å². The summed E-state index contributed by atoms with van der Waals surface area (Å²) in [7, 11) is 0. The van der Waals surface area contributed by atoms with Crippen molar-refractivity contribution < 1.29 is 0 Å². The summed E-state index contributed by atoms with van der Waals surface area (Å²) < 4.78 is 0. The van der Waals surface area contributed by atoms with Crippen molar-refractivity contribution in [1.82, 2.24) is 5.32 Å². The molecule has 102 valence electrons. The minimum atomic E-state index is 0.312. The zero-order valence-electron chi connectivity index (χ0n) is 11.8. The Bertz CT molecular complexity index is 544. The lowest BCUT2D eigenvalue weighted by Crippen LogP contribution is -2.22. The maximum Gasteiger partial charge on any atom is 0.0406 e. The van der Waals surface area contributed by atoms with E-state index in [4.69, 9.17) is 11.6 Å². The van der Waals surface area contributed by atoms with Crippen LogP contribution in [0.15, 0.2) is 30.3 Å². The highest BCUT2D eigenvalue weighted by Gasteiger charge is 2.14. The van der Waals surface area contributed by atoms with E-state index in [0.29, 0.717) is 12.1 Å². The fourth-order valence-electron chi connectivity index (χ4n) is 2.39. The largest absolute Gasteiger partial charge is 0.304 e. The first-order valence-corrected chi connectivity index (χ1v) is 7.75. The van der Waals surface area contributed by atoms with E-state index in [9.17, 15) is 0 Å². The van der Waals surface area contributed by atoms with Gasteiger partial charge >= 0.3 is 0 Å². The summed E-state index contributed by atoms with van der Waals surface area (Å²) in [6.07, 6.45) is 0. The minimum Gasteiger partial charge on any atom is -0.304 e. The van der Waals surface area contributed by atoms with E-state index >= 15 is 0 Å². The molecule has 0 spiro atoms.